The van der Waals surface area contributed by atoms with Crippen molar-refractivity contribution >= 4 is 22.7 Å². The first-order chi connectivity index (χ1) is 5.65. The van der Waals surface area contributed by atoms with Crippen molar-refractivity contribution in [2.24, 2.45) is 0 Å². The van der Waals surface area contributed by atoms with Gasteiger partial charge in [-0.3, -0.25) is 4.21 Å². The number of rotatable bonds is 2. The van der Waals surface area contributed by atoms with Crippen LogP contribution in [0.2, 0.25) is 5.02 Å². The second-order valence-electron chi connectivity index (χ2n) is 2.03. The van der Waals surface area contributed by atoms with Crippen molar-refractivity contribution in [1.82, 2.24) is 0 Å². The van der Waals surface area contributed by atoms with E-state index in [9.17, 15) is 8.76 Å². The van der Waals surface area contributed by atoms with Gasteiger partial charge in [-0.15, -0.1) is 0 Å². The molecule has 0 N–H and O–H groups in total. The first-order valence-electron chi connectivity index (χ1n) is 3.08. The van der Waals surface area contributed by atoms with E-state index in [4.69, 9.17) is 16.3 Å². The van der Waals surface area contributed by atoms with Crippen LogP contribution in [-0.4, -0.2) is 15.9 Å². The van der Waals surface area contributed by atoms with Crippen molar-refractivity contribution in [2.45, 2.75) is 4.90 Å². The molecular formula is C7H6ClNaO3S. The quantitative estimate of drug-likeness (QED) is 0.462. The van der Waals surface area contributed by atoms with Crippen molar-refractivity contribution in [3.05, 3.63) is 23.2 Å². The van der Waals surface area contributed by atoms with E-state index < -0.39 is 11.1 Å². The van der Waals surface area contributed by atoms with Gasteiger partial charge in [-0.05, 0) is 29.3 Å². The third-order valence-electron chi connectivity index (χ3n) is 1.32. The van der Waals surface area contributed by atoms with Crippen LogP contribution in [0.3, 0.4) is 0 Å². The first-order valence-corrected chi connectivity index (χ1v) is 4.53. The maximum absolute atomic E-state index is 10.5. The van der Waals surface area contributed by atoms with Gasteiger partial charge in [-0.1, -0.05) is 11.6 Å². The van der Waals surface area contributed by atoms with E-state index in [0.29, 0.717) is 10.8 Å². The fraction of sp³-hybridized carbons (Fsp3) is 0.143. The van der Waals surface area contributed by atoms with E-state index in [2.05, 4.69) is 0 Å². The molecule has 0 radical (unpaired) electrons. The van der Waals surface area contributed by atoms with Gasteiger partial charge in [0.2, 0.25) is 0 Å². The Bertz CT molecular complexity index is 319. The van der Waals surface area contributed by atoms with Crippen LogP contribution < -0.4 is 34.3 Å². The Morgan fingerprint density at radius 2 is 2.15 bits per heavy atom. The molecule has 0 aromatic heterocycles. The molecule has 0 heterocycles. The van der Waals surface area contributed by atoms with Crippen LogP contribution in [0.15, 0.2) is 23.1 Å². The molecule has 0 aliphatic carbocycles. The molecule has 1 rings (SSSR count). The normalized spacial score (nSPS) is 11.6. The summed E-state index contributed by atoms with van der Waals surface area (Å²) >= 11 is 3.44. The van der Waals surface area contributed by atoms with Gasteiger partial charge in [0.1, 0.15) is 5.75 Å². The molecule has 1 aromatic carbocycles. The van der Waals surface area contributed by atoms with E-state index >= 15 is 0 Å². The Morgan fingerprint density at radius 3 is 2.54 bits per heavy atom. The summed E-state index contributed by atoms with van der Waals surface area (Å²) in [5.74, 6) is 0.464. The third-order valence-corrected chi connectivity index (χ3v) is 2.25. The maximum Gasteiger partial charge on any atom is 1.00 e. The summed E-state index contributed by atoms with van der Waals surface area (Å²) in [6, 6.07) is 4.27. The van der Waals surface area contributed by atoms with E-state index in [1.165, 1.54) is 25.3 Å². The van der Waals surface area contributed by atoms with Crippen LogP contribution in [0.5, 0.6) is 5.75 Å². The monoisotopic (exact) mass is 228 g/mol. The van der Waals surface area contributed by atoms with Crippen LogP contribution in [-0.2, 0) is 11.1 Å². The zero-order chi connectivity index (χ0) is 9.14. The minimum absolute atomic E-state index is 0. The Morgan fingerprint density at radius 1 is 1.54 bits per heavy atom. The van der Waals surface area contributed by atoms with Gasteiger partial charge in [0.15, 0.2) is 0 Å². The minimum Gasteiger partial charge on any atom is -0.768 e. The summed E-state index contributed by atoms with van der Waals surface area (Å²) < 4.78 is 25.8. The van der Waals surface area contributed by atoms with Gasteiger partial charge in [-0.25, -0.2) is 0 Å². The van der Waals surface area contributed by atoms with Gasteiger partial charge >= 0.3 is 29.6 Å². The molecule has 66 valence electrons. The van der Waals surface area contributed by atoms with Crippen molar-refractivity contribution in [2.75, 3.05) is 7.11 Å². The second kappa shape index (κ2) is 6.01. The summed E-state index contributed by atoms with van der Waals surface area (Å²) in [6.45, 7) is 0. The third kappa shape index (κ3) is 3.58. The summed E-state index contributed by atoms with van der Waals surface area (Å²) in [5, 5.41) is 0.291. The number of ether oxygens (including phenoxy) is 1. The number of hydrogen-bond donors (Lipinski definition) is 0. The summed E-state index contributed by atoms with van der Waals surface area (Å²) in [6.07, 6.45) is 0. The average Bonchev–Trinajstić information content (AvgIpc) is 2.04. The fourth-order valence-electron chi connectivity index (χ4n) is 0.751. The van der Waals surface area contributed by atoms with Gasteiger partial charge in [0.05, 0.1) is 12.1 Å². The van der Waals surface area contributed by atoms with Gasteiger partial charge in [0, 0.05) is 4.90 Å². The molecule has 3 nitrogen and oxygen atoms in total. The topological polar surface area (TPSA) is 49.4 Å². The number of benzene rings is 1. The molecule has 1 aromatic rings. The van der Waals surface area contributed by atoms with E-state index in [-0.39, 0.29) is 34.5 Å². The van der Waals surface area contributed by atoms with E-state index in [0.717, 1.165) is 0 Å². The predicted molar refractivity (Wildman–Crippen MR) is 45.2 cm³/mol. The van der Waals surface area contributed by atoms with Crippen molar-refractivity contribution in [3.8, 4) is 5.75 Å². The average molecular weight is 229 g/mol. The molecule has 1 atom stereocenters. The van der Waals surface area contributed by atoms with Gasteiger partial charge in [0.25, 0.3) is 0 Å². The van der Waals surface area contributed by atoms with Crippen LogP contribution in [0.1, 0.15) is 0 Å². The SMILES string of the molecule is COc1ccc(S(=O)[O-])cc1Cl.[Na+]. The van der Waals surface area contributed by atoms with Crippen molar-refractivity contribution in [3.63, 3.8) is 0 Å². The van der Waals surface area contributed by atoms with Crippen LogP contribution in [0, 0.1) is 0 Å². The number of halogens is 1. The van der Waals surface area contributed by atoms with E-state index in [1.807, 2.05) is 0 Å². The van der Waals surface area contributed by atoms with Crippen LogP contribution >= 0.6 is 11.6 Å². The Kier molecular flexibility index (Phi) is 6.20. The van der Waals surface area contributed by atoms with Crippen molar-refractivity contribution in [1.29, 1.82) is 0 Å². The largest absolute Gasteiger partial charge is 1.00 e. The van der Waals surface area contributed by atoms with Crippen LogP contribution in [0.25, 0.3) is 0 Å². The first kappa shape index (κ1) is 13.4. The Balaban J connectivity index is 0.00000144. The molecule has 0 saturated heterocycles. The van der Waals surface area contributed by atoms with Crippen LogP contribution in [0.4, 0.5) is 0 Å². The molecule has 13 heavy (non-hydrogen) atoms. The smallest absolute Gasteiger partial charge is 0.768 e. The summed E-state index contributed by atoms with van der Waals surface area (Å²) in [7, 11) is 1.47. The number of methoxy groups -OCH3 is 1. The van der Waals surface area contributed by atoms with E-state index in [1.54, 1.807) is 0 Å². The zero-order valence-corrected chi connectivity index (χ0v) is 10.8. The molecule has 6 heteroatoms. The molecule has 0 saturated carbocycles. The molecule has 0 aliphatic heterocycles. The Labute approximate surface area is 106 Å². The fourth-order valence-corrected chi connectivity index (χ4v) is 1.47. The zero-order valence-electron chi connectivity index (χ0n) is 7.24. The summed E-state index contributed by atoms with van der Waals surface area (Å²) in [4.78, 5) is 0.154. The molecule has 0 bridgehead atoms. The molecule has 1 unspecified atom stereocenters. The summed E-state index contributed by atoms with van der Waals surface area (Å²) in [5.41, 5.74) is 0. The number of hydrogen-bond acceptors (Lipinski definition) is 3. The van der Waals surface area contributed by atoms with Gasteiger partial charge < -0.3 is 9.29 Å². The molecule has 0 fully saturated rings. The minimum atomic E-state index is -2.24. The molecular weight excluding hydrogens is 223 g/mol. The Hall–Kier alpha value is 0.420. The van der Waals surface area contributed by atoms with Gasteiger partial charge in [-0.2, -0.15) is 0 Å². The molecule has 0 amide bonds. The molecule has 0 aliphatic rings. The standard InChI is InChI=1S/C7H7ClO3S.Na/c1-11-7-3-2-5(12(9)10)4-6(7)8;/h2-4H,1H3,(H,9,10);/q;+1/p-1. The second-order valence-corrected chi connectivity index (χ2v) is 3.38. The predicted octanol–water partition coefficient (Wildman–Crippen LogP) is -1.41. The molecule has 0 spiro atoms. The maximum atomic E-state index is 10.5. The van der Waals surface area contributed by atoms with Crippen molar-refractivity contribution < 1.29 is 43.1 Å².